The van der Waals surface area contributed by atoms with Crippen LogP contribution < -0.4 is 5.56 Å². The predicted molar refractivity (Wildman–Crippen MR) is 93.1 cm³/mol. The molecule has 5 nitrogen and oxygen atoms in total. The Hall–Kier alpha value is -2.82. The van der Waals surface area contributed by atoms with Crippen molar-refractivity contribution >= 4 is 16.7 Å². The second kappa shape index (κ2) is 5.67. The van der Waals surface area contributed by atoms with Crippen LogP contribution in [-0.4, -0.2) is 26.9 Å². The van der Waals surface area contributed by atoms with Gasteiger partial charge in [0.1, 0.15) is 0 Å². The van der Waals surface area contributed by atoms with Gasteiger partial charge in [-0.15, -0.1) is 0 Å². The number of pyridine rings is 1. The fourth-order valence-electron chi connectivity index (χ4n) is 3.68. The van der Waals surface area contributed by atoms with E-state index in [9.17, 15) is 9.59 Å². The molecule has 5 heteroatoms. The lowest BCUT2D eigenvalue weighted by Crippen LogP contribution is -2.41. The highest BCUT2D eigenvalue weighted by atomic mass is 16.2. The summed E-state index contributed by atoms with van der Waals surface area (Å²) in [5, 5.41) is 1.26. The maximum absolute atomic E-state index is 13.2. The Morgan fingerprint density at radius 3 is 2.75 bits per heavy atom. The van der Waals surface area contributed by atoms with Crippen LogP contribution in [0.2, 0.25) is 0 Å². The number of aromatic amines is 1. The van der Waals surface area contributed by atoms with Gasteiger partial charge in [-0.1, -0.05) is 25.1 Å². The molecule has 1 aliphatic heterocycles. The van der Waals surface area contributed by atoms with E-state index in [0.29, 0.717) is 22.9 Å². The monoisotopic (exact) mass is 321 g/mol. The molecule has 0 bridgehead atoms. The van der Waals surface area contributed by atoms with Gasteiger partial charge in [0, 0.05) is 41.9 Å². The molecule has 0 saturated carbocycles. The second-order valence-electron chi connectivity index (χ2n) is 6.13. The van der Waals surface area contributed by atoms with Crippen molar-refractivity contribution in [3.8, 4) is 0 Å². The summed E-state index contributed by atoms with van der Waals surface area (Å²) in [6.45, 7) is 3.57. The number of hydrogen-bond acceptors (Lipinski definition) is 2. The summed E-state index contributed by atoms with van der Waals surface area (Å²) < 4.78 is 2.21. The minimum Gasteiger partial charge on any atom is -0.348 e. The van der Waals surface area contributed by atoms with Gasteiger partial charge in [0.15, 0.2) is 0 Å². The molecule has 1 aromatic carbocycles. The van der Waals surface area contributed by atoms with Crippen molar-refractivity contribution in [1.29, 1.82) is 0 Å². The van der Waals surface area contributed by atoms with Crippen molar-refractivity contribution in [1.82, 2.24) is 14.5 Å². The Kier molecular flexibility index (Phi) is 3.49. The number of rotatable bonds is 2. The summed E-state index contributed by atoms with van der Waals surface area (Å²) in [7, 11) is 0. The molecule has 1 atom stereocenters. The SMILES string of the molecule is CC[C@@H]1c2cccn2CCN1C(=O)c1c[nH]c(=O)c2ccccc12. The van der Waals surface area contributed by atoms with Crippen LogP contribution in [0, 0.1) is 0 Å². The Balaban J connectivity index is 1.80. The highest BCUT2D eigenvalue weighted by Crippen LogP contribution is 2.30. The maximum atomic E-state index is 13.2. The Morgan fingerprint density at radius 2 is 1.96 bits per heavy atom. The molecule has 2 aromatic heterocycles. The third kappa shape index (κ3) is 2.16. The van der Waals surface area contributed by atoms with Gasteiger partial charge in [-0.05, 0) is 24.6 Å². The number of carbonyl (C=O) groups excluding carboxylic acids is 1. The molecule has 122 valence electrons. The summed E-state index contributed by atoms with van der Waals surface area (Å²) in [6, 6.07) is 11.4. The lowest BCUT2D eigenvalue weighted by Gasteiger charge is -2.36. The molecule has 4 rings (SSSR count). The van der Waals surface area contributed by atoms with Crippen molar-refractivity contribution in [2.75, 3.05) is 6.54 Å². The van der Waals surface area contributed by atoms with E-state index < -0.39 is 0 Å². The molecule has 0 fully saturated rings. The summed E-state index contributed by atoms with van der Waals surface area (Å²) >= 11 is 0. The van der Waals surface area contributed by atoms with Gasteiger partial charge in [-0.25, -0.2) is 0 Å². The summed E-state index contributed by atoms with van der Waals surface area (Å²) in [5.41, 5.74) is 1.57. The minimum atomic E-state index is -0.165. The number of amides is 1. The number of aromatic nitrogens is 2. The van der Waals surface area contributed by atoms with Gasteiger partial charge < -0.3 is 14.5 Å². The van der Waals surface area contributed by atoms with Crippen molar-refractivity contribution in [3.05, 3.63) is 70.4 Å². The number of nitrogens with one attached hydrogen (secondary N) is 1. The van der Waals surface area contributed by atoms with E-state index >= 15 is 0 Å². The third-order valence-electron chi connectivity index (χ3n) is 4.85. The van der Waals surface area contributed by atoms with E-state index in [2.05, 4.69) is 28.7 Å². The average Bonchev–Trinajstić information content (AvgIpc) is 3.09. The highest BCUT2D eigenvalue weighted by Gasteiger charge is 2.30. The minimum absolute atomic E-state index is 0.0262. The van der Waals surface area contributed by atoms with Crippen LogP contribution in [0.5, 0.6) is 0 Å². The van der Waals surface area contributed by atoms with E-state index in [4.69, 9.17) is 0 Å². The Morgan fingerprint density at radius 1 is 1.17 bits per heavy atom. The molecule has 0 saturated heterocycles. The fourth-order valence-corrected chi connectivity index (χ4v) is 3.68. The summed E-state index contributed by atoms with van der Waals surface area (Å²) in [4.78, 5) is 29.8. The van der Waals surface area contributed by atoms with Crippen molar-refractivity contribution in [3.63, 3.8) is 0 Å². The first kappa shape index (κ1) is 14.8. The van der Waals surface area contributed by atoms with Gasteiger partial charge >= 0.3 is 0 Å². The van der Waals surface area contributed by atoms with Crippen LogP contribution in [0.15, 0.2) is 53.6 Å². The first-order chi connectivity index (χ1) is 11.7. The smallest absolute Gasteiger partial charge is 0.256 e. The Labute approximate surface area is 139 Å². The lowest BCUT2D eigenvalue weighted by molar-refractivity contribution is 0.0619. The van der Waals surface area contributed by atoms with E-state index in [1.54, 1.807) is 12.3 Å². The molecule has 0 unspecified atom stereocenters. The molecular formula is C19H19N3O2. The van der Waals surface area contributed by atoms with Crippen LogP contribution in [0.25, 0.3) is 10.8 Å². The molecule has 3 aromatic rings. The van der Waals surface area contributed by atoms with Crippen LogP contribution in [0.3, 0.4) is 0 Å². The lowest BCUT2D eigenvalue weighted by atomic mass is 10.0. The second-order valence-corrected chi connectivity index (χ2v) is 6.13. The van der Waals surface area contributed by atoms with Gasteiger partial charge in [0.25, 0.3) is 11.5 Å². The van der Waals surface area contributed by atoms with Crippen molar-refractivity contribution in [2.45, 2.75) is 25.9 Å². The summed E-state index contributed by atoms with van der Waals surface area (Å²) in [5.74, 6) is -0.0262. The normalized spacial score (nSPS) is 17.0. The molecule has 0 spiro atoms. The molecular weight excluding hydrogens is 302 g/mol. The fraction of sp³-hybridized carbons (Fsp3) is 0.263. The molecule has 24 heavy (non-hydrogen) atoms. The molecule has 0 radical (unpaired) electrons. The van der Waals surface area contributed by atoms with Crippen LogP contribution in [0.1, 0.15) is 35.4 Å². The number of fused-ring (bicyclic) bond motifs is 2. The van der Waals surface area contributed by atoms with E-state index in [1.165, 1.54) is 5.69 Å². The average molecular weight is 321 g/mol. The van der Waals surface area contributed by atoms with Gasteiger partial charge in [0.2, 0.25) is 0 Å². The van der Waals surface area contributed by atoms with Crippen LogP contribution in [-0.2, 0) is 6.54 Å². The molecule has 3 heterocycles. The van der Waals surface area contributed by atoms with Crippen molar-refractivity contribution in [2.24, 2.45) is 0 Å². The third-order valence-corrected chi connectivity index (χ3v) is 4.85. The van der Waals surface area contributed by atoms with Crippen LogP contribution >= 0.6 is 0 Å². The van der Waals surface area contributed by atoms with Gasteiger partial charge in [-0.2, -0.15) is 0 Å². The molecule has 1 aliphatic rings. The van der Waals surface area contributed by atoms with E-state index in [0.717, 1.165) is 13.0 Å². The zero-order valence-electron chi connectivity index (χ0n) is 13.5. The van der Waals surface area contributed by atoms with Crippen LogP contribution in [0.4, 0.5) is 0 Å². The Bertz CT molecular complexity index is 970. The number of nitrogens with zero attached hydrogens (tertiary/aromatic N) is 2. The van der Waals surface area contributed by atoms with E-state index in [1.807, 2.05) is 29.2 Å². The summed E-state index contributed by atoms with van der Waals surface area (Å²) in [6.07, 6.45) is 4.47. The molecule has 0 aliphatic carbocycles. The number of hydrogen-bond donors (Lipinski definition) is 1. The maximum Gasteiger partial charge on any atom is 0.256 e. The quantitative estimate of drug-likeness (QED) is 0.789. The number of benzene rings is 1. The predicted octanol–water partition coefficient (Wildman–Crippen LogP) is 2.94. The van der Waals surface area contributed by atoms with Gasteiger partial charge in [-0.3, -0.25) is 9.59 Å². The first-order valence-corrected chi connectivity index (χ1v) is 8.27. The molecule has 1 N–H and O–H groups in total. The topological polar surface area (TPSA) is 58.1 Å². The zero-order valence-corrected chi connectivity index (χ0v) is 13.5. The zero-order chi connectivity index (χ0) is 16.7. The molecule has 1 amide bonds. The number of carbonyl (C=O) groups is 1. The van der Waals surface area contributed by atoms with Gasteiger partial charge in [0.05, 0.1) is 11.6 Å². The first-order valence-electron chi connectivity index (χ1n) is 8.27. The van der Waals surface area contributed by atoms with E-state index in [-0.39, 0.29) is 17.5 Å². The standard InChI is InChI=1S/C19H19N3O2/c1-2-16-17-8-5-9-21(17)10-11-22(16)19(24)15-12-20-18(23)14-7-4-3-6-13(14)15/h3-9,12,16H,2,10-11H2,1H3,(H,20,23)/t16-/m1/s1. The largest absolute Gasteiger partial charge is 0.348 e. The number of H-pyrrole nitrogens is 1. The van der Waals surface area contributed by atoms with Crippen molar-refractivity contribution < 1.29 is 4.79 Å². The highest BCUT2D eigenvalue weighted by molar-refractivity contribution is 6.06.